The van der Waals surface area contributed by atoms with Crippen LogP contribution in [0.3, 0.4) is 0 Å². The van der Waals surface area contributed by atoms with E-state index in [2.05, 4.69) is 16.9 Å². The third-order valence-electron chi connectivity index (χ3n) is 4.79. The quantitative estimate of drug-likeness (QED) is 0.434. The van der Waals surface area contributed by atoms with Crippen molar-refractivity contribution in [3.8, 4) is 11.5 Å². The van der Waals surface area contributed by atoms with Gasteiger partial charge in [-0.15, -0.1) is 0 Å². The lowest BCUT2D eigenvalue weighted by molar-refractivity contribution is 0.0950. The molecule has 1 heterocycles. The van der Waals surface area contributed by atoms with Crippen molar-refractivity contribution < 1.29 is 18.3 Å². The summed E-state index contributed by atoms with van der Waals surface area (Å²) in [6.45, 7) is 7.51. The summed E-state index contributed by atoms with van der Waals surface area (Å²) in [5.41, 5.74) is 2.29. The number of nitrogens with one attached hydrogen (secondary N) is 1. The molecule has 0 bridgehead atoms. The van der Waals surface area contributed by atoms with Crippen molar-refractivity contribution in [3.63, 3.8) is 0 Å². The minimum atomic E-state index is -0.691. The van der Waals surface area contributed by atoms with E-state index < -0.39 is 11.6 Å². The van der Waals surface area contributed by atoms with E-state index >= 15 is 0 Å². The predicted molar refractivity (Wildman–Crippen MR) is 125 cm³/mol. The molecular formula is C26H25F2N3O2. The Bertz CT molecular complexity index is 1190. The van der Waals surface area contributed by atoms with Gasteiger partial charge in [0.1, 0.15) is 29.0 Å². The number of amides is 1. The molecule has 0 saturated carbocycles. The Morgan fingerprint density at radius 2 is 1.91 bits per heavy atom. The zero-order valence-corrected chi connectivity index (χ0v) is 18.7. The second-order valence-corrected chi connectivity index (χ2v) is 7.61. The molecule has 3 rings (SSSR count). The van der Waals surface area contributed by atoms with Gasteiger partial charge in [0.15, 0.2) is 0 Å². The first-order valence-corrected chi connectivity index (χ1v) is 10.3. The molecular weight excluding hydrogens is 424 g/mol. The Labute approximate surface area is 192 Å². The van der Waals surface area contributed by atoms with Gasteiger partial charge in [-0.25, -0.2) is 13.8 Å². The van der Waals surface area contributed by atoms with Gasteiger partial charge in [0, 0.05) is 49.2 Å². The first-order valence-electron chi connectivity index (χ1n) is 10.3. The number of pyridine rings is 1. The minimum absolute atomic E-state index is 0.00418. The highest BCUT2D eigenvalue weighted by molar-refractivity contribution is 5.96. The Kier molecular flexibility index (Phi) is 7.56. The maximum absolute atomic E-state index is 13.4. The molecule has 0 saturated heterocycles. The predicted octanol–water partition coefficient (Wildman–Crippen LogP) is 5.92. The van der Waals surface area contributed by atoms with Crippen LogP contribution >= 0.6 is 0 Å². The summed E-state index contributed by atoms with van der Waals surface area (Å²) in [5, 5.41) is 2.69. The fraction of sp³-hybridized carbons (Fsp3) is 0.154. The SMILES string of the molecule is C=C(C)/C=C\N(C)c1cc(Oc2cccc(C(=O)NCc3cc(F)cc(F)c3)c2C)ccn1. The zero-order valence-electron chi connectivity index (χ0n) is 18.7. The molecule has 5 nitrogen and oxygen atoms in total. The third-order valence-corrected chi connectivity index (χ3v) is 4.79. The van der Waals surface area contributed by atoms with Gasteiger partial charge in [-0.1, -0.05) is 18.2 Å². The van der Waals surface area contributed by atoms with E-state index in [9.17, 15) is 13.6 Å². The molecule has 0 aliphatic carbocycles. The lowest BCUT2D eigenvalue weighted by Crippen LogP contribution is -2.23. The topological polar surface area (TPSA) is 54.5 Å². The van der Waals surface area contributed by atoms with Gasteiger partial charge in [-0.2, -0.15) is 0 Å². The van der Waals surface area contributed by atoms with Gasteiger partial charge in [0.25, 0.3) is 5.91 Å². The van der Waals surface area contributed by atoms with Crippen molar-refractivity contribution in [1.82, 2.24) is 10.3 Å². The number of aromatic nitrogens is 1. The molecule has 1 amide bonds. The molecule has 1 aromatic heterocycles. The average Bonchev–Trinajstić information content (AvgIpc) is 2.77. The number of carbonyl (C=O) groups is 1. The Morgan fingerprint density at radius 1 is 1.18 bits per heavy atom. The van der Waals surface area contributed by atoms with Crippen LogP contribution in [0.1, 0.15) is 28.4 Å². The number of hydrogen-bond donors (Lipinski definition) is 1. The number of ether oxygens (including phenoxy) is 1. The second kappa shape index (κ2) is 10.5. The Balaban J connectivity index is 1.74. The van der Waals surface area contributed by atoms with Crippen LogP contribution in [0.2, 0.25) is 0 Å². The lowest BCUT2D eigenvalue weighted by atomic mass is 10.1. The summed E-state index contributed by atoms with van der Waals surface area (Å²) < 4.78 is 32.8. The molecule has 0 fully saturated rings. The molecule has 7 heteroatoms. The molecule has 2 aromatic carbocycles. The normalized spacial score (nSPS) is 10.8. The molecule has 0 unspecified atom stereocenters. The largest absolute Gasteiger partial charge is 0.457 e. The number of anilines is 1. The number of rotatable bonds is 8. The lowest BCUT2D eigenvalue weighted by Gasteiger charge is -2.16. The highest BCUT2D eigenvalue weighted by Crippen LogP contribution is 2.29. The first kappa shape index (κ1) is 23.7. The van der Waals surface area contributed by atoms with Crippen LogP contribution in [0.4, 0.5) is 14.6 Å². The second-order valence-electron chi connectivity index (χ2n) is 7.61. The number of hydrogen-bond acceptors (Lipinski definition) is 4. The van der Waals surface area contributed by atoms with Crippen molar-refractivity contribution in [2.24, 2.45) is 0 Å². The fourth-order valence-corrected chi connectivity index (χ4v) is 3.06. The average molecular weight is 450 g/mol. The van der Waals surface area contributed by atoms with Crippen molar-refractivity contribution in [1.29, 1.82) is 0 Å². The highest BCUT2D eigenvalue weighted by Gasteiger charge is 2.14. The van der Waals surface area contributed by atoms with E-state index in [4.69, 9.17) is 4.74 Å². The van der Waals surface area contributed by atoms with Crippen molar-refractivity contribution >= 4 is 11.7 Å². The summed E-state index contributed by atoms with van der Waals surface area (Å²) in [7, 11) is 1.87. The standard InChI is InChI=1S/C26H25F2N3O2/c1-17(2)9-11-31(4)25-15-22(8-10-29-25)33-24-7-5-6-23(18(24)3)26(32)30-16-19-12-20(27)14-21(28)13-19/h5-15H,1,16H2,2-4H3,(H,30,32)/b11-9-. The number of allylic oxidation sites excluding steroid dienone is 2. The molecule has 33 heavy (non-hydrogen) atoms. The summed E-state index contributed by atoms with van der Waals surface area (Å²) >= 11 is 0. The van der Waals surface area contributed by atoms with Crippen LogP contribution in [0.15, 0.2) is 79.2 Å². The van der Waals surface area contributed by atoms with Crippen molar-refractivity contribution in [3.05, 3.63) is 107 Å². The fourth-order valence-electron chi connectivity index (χ4n) is 3.06. The number of benzene rings is 2. The van der Waals surface area contributed by atoms with Gasteiger partial charge in [0.2, 0.25) is 0 Å². The summed E-state index contributed by atoms with van der Waals surface area (Å²) in [4.78, 5) is 18.9. The zero-order chi connectivity index (χ0) is 24.0. The molecule has 0 radical (unpaired) electrons. The van der Waals surface area contributed by atoms with Crippen LogP contribution in [0, 0.1) is 18.6 Å². The highest BCUT2D eigenvalue weighted by atomic mass is 19.1. The van der Waals surface area contributed by atoms with Gasteiger partial charge in [-0.05, 0) is 55.8 Å². The summed E-state index contributed by atoms with van der Waals surface area (Å²) in [6.07, 6.45) is 5.37. The van der Waals surface area contributed by atoms with Crippen molar-refractivity contribution in [2.75, 3.05) is 11.9 Å². The molecule has 3 aromatic rings. The van der Waals surface area contributed by atoms with E-state index in [1.165, 1.54) is 12.1 Å². The maximum Gasteiger partial charge on any atom is 0.251 e. The van der Waals surface area contributed by atoms with Gasteiger partial charge < -0.3 is 15.0 Å². The molecule has 0 aliphatic heterocycles. The Hall–Kier alpha value is -4.00. The molecule has 0 aliphatic rings. The Morgan fingerprint density at radius 3 is 2.61 bits per heavy atom. The summed E-state index contributed by atoms with van der Waals surface area (Å²) in [6, 6.07) is 11.8. The molecule has 0 spiro atoms. The minimum Gasteiger partial charge on any atom is -0.457 e. The van der Waals surface area contributed by atoms with Crippen LogP contribution in [0.5, 0.6) is 11.5 Å². The number of carbonyl (C=O) groups excluding carboxylic acids is 1. The maximum atomic E-state index is 13.4. The van der Waals surface area contributed by atoms with Crippen LogP contribution < -0.4 is 15.0 Å². The van der Waals surface area contributed by atoms with Gasteiger partial charge in [-0.3, -0.25) is 4.79 Å². The van der Waals surface area contributed by atoms with E-state index in [1.807, 2.05) is 31.1 Å². The molecule has 0 atom stereocenters. The third kappa shape index (κ3) is 6.49. The smallest absolute Gasteiger partial charge is 0.251 e. The van der Waals surface area contributed by atoms with Gasteiger partial charge in [0.05, 0.1) is 0 Å². The van der Waals surface area contributed by atoms with Crippen LogP contribution in [-0.4, -0.2) is 17.9 Å². The van der Waals surface area contributed by atoms with E-state index in [-0.39, 0.29) is 12.5 Å². The molecule has 1 N–H and O–H groups in total. The monoisotopic (exact) mass is 449 g/mol. The number of nitrogens with zero attached hydrogens (tertiary/aromatic N) is 2. The summed E-state index contributed by atoms with van der Waals surface area (Å²) in [5.74, 6) is -0.00334. The number of halogens is 2. The van der Waals surface area contributed by atoms with Gasteiger partial charge >= 0.3 is 0 Å². The first-order chi connectivity index (χ1) is 15.7. The van der Waals surface area contributed by atoms with E-state index in [1.54, 1.807) is 43.5 Å². The van der Waals surface area contributed by atoms with E-state index in [0.29, 0.717) is 34.0 Å². The van der Waals surface area contributed by atoms with E-state index in [0.717, 1.165) is 11.6 Å². The van der Waals surface area contributed by atoms with Crippen LogP contribution in [-0.2, 0) is 6.54 Å². The van der Waals surface area contributed by atoms with Crippen molar-refractivity contribution in [2.45, 2.75) is 20.4 Å². The van der Waals surface area contributed by atoms with Crippen LogP contribution in [0.25, 0.3) is 0 Å². The molecule has 170 valence electrons.